The predicted octanol–water partition coefficient (Wildman–Crippen LogP) is 8.64. The van der Waals surface area contributed by atoms with E-state index < -0.39 is 0 Å². The average molecular weight is 607 g/mol. The minimum absolute atomic E-state index is 0.0306. The van der Waals surface area contributed by atoms with Crippen molar-refractivity contribution in [2.24, 2.45) is 0 Å². The summed E-state index contributed by atoms with van der Waals surface area (Å²) in [6.07, 6.45) is 10.2. The molecular weight excluding hydrogens is 580 g/mol. The van der Waals surface area contributed by atoms with Crippen LogP contribution in [0.3, 0.4) is 0 Å². The maximum Gasteiger partial charge on any atom is 0.355 e. The zero-order valence-electron chi connectivity index (χ0n) is 25.1. The number of fused-ring (bicyclic) bond motifs is 8. The Morgan fingerprint density at radius 1 is 0.660 bits per heavy atom. The van der Waals surface area contributed by atoms with Crippen LogP contribution in [-0.2, 0) is 0 Å². The van der Waals surface area contributed by atoms with Gasteiger partial charge in [0.05, 0.1) is 16.7 Å². The lowest BCUT2D eigenvalue weighted by Gasteiger charge is -2.17. The largest absolute Gasteiger partial charge is 0.483 e. The van der Waals surface area contributed by atoms with E-state index in [-0.39, 0.29) is 17.7 Å². The molecule has 222 valence electrons. The highest BCUT2D eigenvalue weighted by Crippen LogP contribution is 2.50. The number of aromatic nitrogens is 4. The first-order valence-corrected chi connectivity index (χ1v) is 15.8. The van der Waals surface area contributed by atoms with Gasteiger partial charge in [-0.3, -0.25) is 4.40 Å². The van der Waals surface area contributed by atoms with Gasteiger partial charge in [-0.05, 0) is 64.4 Å². The molecule has 0 spiro atoms. The summed E-state index contributed by atoms with van der Waals surface area (Å²) in [6.45, 7) is 0. The van der Waals surface area contributed by atoms with Gasteiger partial charge in [0.25, 0.3) is 0 Å². The maximum absolute atomic E-state index is 13.3. The van der Waals surface area contributed by atoms with Crippen LogP contribution in [0.4, 0.5) is 0 Å². The van der Waals surface area contributed by atoms with Crippen LogP contribution in [0.2, 0.25) is 0 Å². The maximum atomic E-state index is 13.3. The predicted molar refractivity (Wildman–Crippen MR) is 187 cm³/mol. The summed E-state index contributed by atoms with van der Waals surface area (Å²) in [5.41, 5.74) is 7.27. The molecule has 10 rings (SSSR count). The average Bonchev–Trinajstić information content (AvgIpc) is 3.67. The number of rotatable bonds is 3. The highest BCUT2D eigenvalue weighted by atomic mass is 16.5. The van der Waals surface area contributed by atoms with Crippen LogP contribution in [0, 0.1) is 0 Å². The minimum atomic E-state index is -0.365. The Balaban J connectivity index is 1.21. The van der Waals surface area contributed by atoms with Gasteiger partial charge in [0.1, 0.15) is 17.5 Å². The lowest BCUT2D eigenvalue weighted by molar-refractivity contribution is 0.268. The number of allylic oxidation sites excluding steroid dienone is 2. The van der Waals surface area contributed by atoms with Crippen molar-refractivity contribution >= 4 is 38.2 Å². The van der Waals surface area contributed by atoms with Crippen LogP contribution < -0.4 is 10.4 Å². The summed E-state index contributed by atoms with van der Waals surface area (Å²) in [5, 5.41) is 4.81. The van der Waals surface area contributed by atoms with Crippen molar-refractivity contribution in [3.05, 3.63) is 162 Å². The zero-order chi connectivity index (χ0) is 31.1. The van der Waals surface area contributed by atoms with Crippen LogP contribution in [0.25, 0.3) is 66.4 Å². The van der Waals surface area contributed by atoms with Gasteiger partial charge in [-0.15, -0.1) is 0 Å². The first-order valence-electron chi connectivity index (χ1n) is 15.8. The molecule has 0 bridgehead atoms. The summed E-state index contributed by atoms with van der Waals surface area (Å²) in [7, 11) is 0. The molecule has 6 nitrogen and oxygen atoms in total. The Kier molecular flexibility index (Phi) is 5.46. The van der Waals surface area contributed by atoms with Crippen LogP contribution >= 0.6 is 0 Å². The second kappa shape index (κ2) is 9.86. The van der Waals surface area contributed by atoms with Crippen molar-refractivity contribution in [3.8, 4) is 34.0 Å². The fourth-order valence-electron chi connectivity index (χ4n) is 7.37. The van der Waals surface area contributed by atoms with Crippen molar-refractivity contribution in [2.75, 3.05) is 0 Å². The molecule has 0 radical (unpaired) electrons. The fourth-order valence-corrected chi connectivity index (χ4v) is 7.37. The molecule has 1 aliphatic heterocycles. The van der Waals surface area contributed by atoms with Gasteiger partial charge in [0, 0.05) is 34.0 Å². The monoisotopic (exact) mass is 606 g/mol. The molecule has 2 unspecified atom stereocenters. The Bertz CT molecular complexity index is 2700. The first-order chi connectivity index (χ1) is 23.2. The number of benzene rings is 5. The molecule has 47 heavy (non-hydrogen) atoms. The second-order valence-corrected chi connectivity index (χ2v) is 12.2. The number of para-hydroxylation sites is 1. The third kappa shape index (κ3) is 3.88. The quantitative estimate of drug-likeness (QED) is 0.202. The number of pyridine rings is 1. The second-order valence-electron chi connectivity index (χ2n) is 12.2. The topological polar surface area (TPSA) is 61.4 Å². The molecule has 2 atom stereocenters. The SMILES string of the molecule is O=c1nc(-c2ccccc2)nc2ccc(-c3ccc(-n4c5ccccc5c5cc6ccccc6cc54)c4c3C3C=CC=CC3O4)cn12. The van der Waals surface area contributed by atoms with Crippen molar-refractivity contribution in [3.63, 3.8) is 0 Å². The number of hydrogen-bond acceptors (Lipinski definition) is 4. The molecule has 0 saturated carbocycles. The van der Waals surface area contributed by atoms with E-state index in [1.807, 2.05) is 48.7 Å². The van der Waals surface area contributed by atoms with E-state index in [2.05, 4.69) is 107 Å². The van der Waals surface area contributed by atoms with E-state index in [4.69, 9.17) is 9.72 Å². The van der Waals surface area contributed by atoms with Gasteiger partial charge in [0.2, 0.25) is 0 Å². The Morgan fingerprint density at radius 3 is 2.34 bits per heavy atom. The van der Waals surface area contributed by atoms with E-state index in [1.54, 1.807) is 0 Å². The van der Waals surface area contributed by atoms with Crippen LogP contribution in [0.1, 0.15) is 11.5 Å². The Morgan fingerprint density at radius 2 is 1.45 bits per heavy atom. The van der Waals surface area contributed by atoms with Gasteiger partial charge >= 0.3 is 5.69 Å². The number of nitrogens with zero attached hydrogens (tertiary/aromatic N) is 4. The van der Waals surface area contributed by atoms with Crippen molar-refractivity contribution in [2.45, 2.75) is 12.0 Å². The van der Waals surface area contributed by atoms with Crippen molar-refractivity contribution in [1.82, 2.24) is 18.9 Å². The van der Waals surface area contributed by atoms with Crippen LogP contribution in [0.15, 0.2) is 151 Å². The molecule has 5 aromatic carbocycles. The molecule has 4 heterocycles. The molecule has 3 aromatic heterocycles. The van der Waals surface area contributed by atoms with E-state index in [9.17, 15) is 4.79 Å². The fraction of sp³-hybridized carbons (Fsp3) is 0.0488. The standard InChI is InChI=1S/C41H26N4O2/c46-41-43-40(25-10-2-1-3-11-25)42-37-21-18-28(24-44(37)41)29-19-20-34(39-38(29)31-15-7-9-17-36(31)47-39)45-33-16-8-6-14-30(33)32-22-26-12-4-5-13-27(26)23-35(32)45/h1-24,31,36H. The number of hydrogen-bond donors (Lipinski definition) is 0. The van der Waals surface area contributed by atoms with Gasteiger partial charge in [-0.25, -0.2) is 9.78 Å². The normalized spacial score (nSPS) is 16.6. The lowest BCUT2D eigenvalue weighted by Crippen LogP contribution is -2.19. The van der Waals surface area contributed by atoms with Gasteiger partial charge in [-0.2, -0.15) is 4.98 Å². The molecule has 1 aliphatic carbocycles. The molecule has 8 aromatic rings. The summed E-state index contributed by atoms with van der Waals surface area (Å²) < 4.78 is 10.7. The Labute approximate surface area is 269 Å². The summed E-state index contributed by atoms with van der Waals surface area (Å²) >= 11 is 0. The van der Waals surface area contributed by atoms with E-state index in [0.29, 0.717) is 11.5 Å². The molecule has 2 aliphatic rings. The molecule has 0 N–H and O–H groups in total. The molecule has 0 amide bonds. The van der Waals surface area contributed by atoms with Crippen LogP contribution in [-0.4, -0.2) is 25.0 Å². The van der Waals surface area contributed by atoms with E-state index >= 15 is 0 Å². The van der Waals surface area contributed by atoms with E-state index in [0.717, 1.165) is 44.7 Å². The van der Waals surface area contributed by atoms with Gasteiger partial charge in [-0.1, -0.05) is 97.1 Å². The zero-order valence-corrected chi connectivity index (χ0v) is 25.1. The molecule has 0 fully saturated rings. The highest BCUT2D eigenvalue weighted by Gasteiger charge is 2.37. The number of ether oxygens (including phenoxy) is 1. The molecule has 0 saturated heterocycles. The smallest absolute Gasteiger partial charge is 0.355 e. The van der Waals surface area contributed by atoms with Gasteiger partial charge in [0.15, 0.2) is 5.82 Å². The van der Waals surface area contributed by atoms with Crippen molar-refractivity contribution < 1.29 is 4.74 Å². The molecular formula is C41H26N4O2. The third-order valence-corrected chi connectivity index (χ3v) is 9.53. The highest BCUT2D eigenvalue weighted by molar-refractivity contribution is 6.13. The van der Waals surface area contributed by atoms with Crippen molar-refractivity contribution in [1.29, 1.82) is 0 Å². The lowest BCUT2D eigenvalue weighted by atomic mass is 9.86. The summed E-state index contributed by atoms with van der Waals surface area (Å²) in [4.78, 5) is 22.4. The van der Waals surface area contributed by atoms with E-state index in [1.165, 1.54) is 25.9 Å². The van der Waals surface area contributed by atoms with Crippen LogP contribution in [0.5, 0.6) is 5.75 Å². The minimum Gasteiger partial charge on any atom is -0.483 e. The summed E-state index contributed by atoms with van der Waals surface area (Å²) in [5.74, 6) is 1.30. The third-order valence-electron chi connectivity index (χ3n) is 9.53. The molecule has 6 heteroatoms. The Hall–Kier alpha value is -6.27. The first kappa shape index (κ1) is 26.0. The van der Waals surface area contributed by atoms with Gasteiger partial charge < -0.3 is 9.30 Å². The summed E-state index contributed by atoms with van der Waals surface area (Å²) in [6, 6.07) is 39.5.